The monoisotopic (exact) mass is 283 g/mol. The van der Waals surface area contributed by atoms with E-state index in [1.165, 1.54) is 6.07 Å². The molecule has 0 saturated carbocycles. The molecule has 0 saturated heterocycles. The smallest absolute Gasteiger partial charge is 0.165 e. The Labute approximate surface area is 121 Å². The molecule has 0 radical (unpaired) electrons. The summed E-state index contributed by atoms with van der Waals surface area (Å²) in [6.45, 7) is 8.41. The Bertz CT molecular complexity index is 396. The number of hydrogen-bond donors (Lipinski definition) is 1. The first-order valence-corrected chi connectivity index (χ1v) is 7.17. The quantitative estimate of drug-likeness (QED) is 0.753. The van der Waals surface area contributed by atoms with Gasteiger partial charge >= 0.3 is 0 Å². The molecule has 20 heavy (non-hydrogen) atoms. The molecule has 0 aromatic heterocycles. The number of halogens is 1. The minimum Gasteiger partial charge on any atom is -0.488 e. The van der Waals surface area contributed by atoms with E-state index < -0.39 is 0 Å². The fourth-order valence-corrected chi connectivity index (χ4v) is 1.81. The van der Waals surface area contributed by atoms with Crippen LogP contribution < -0.4 is 10.1 Å². The van der Waals surface area contributed by atoms with Gasteiger partial charge in [-0.3, -0.25) is 0 Å². The summed E-state index contributed by atoms with van der Waals surface area (Å²) in [5.41, 5.74) is 0.931. The zero-order valence-corrected chi connectivity index (χ0v) is 12.9. The lowest BCUT2D eigenvalue weighted by atomic mass is 10.2. The zero-order valence-electron chi connectivity index (χ0n) is 12.9. The van der Waals surface area contributed by atoms with E-state index >= 15 is 0 Å². The van der Waals surface area contributed by atoms with Crippen LogP contribution in [0.3, 0.4) is 0 Å². The standard InChI is InChI=1S/C16H26FNO2/c1-12(2)10-18-11-14-5-6-16(15(17)9-14)20-13(3)7-8-19-4/h5-6,9,12-13,18H,7-8,10-11H2,1-4H3. The highest BCUT2D eigenvalue weighted by atomic mass is 19.1. The molecule has 0 aliphatic carbocycles. The molecular formula is C16H26FNO2. The molecule has 3 nitrogen and oxygen atoms in total. The topological polar surface area (TPSA) is 30.5 Å². The number of nitrogens with one attached hydrogen (secondary N) is 1. The summed E-state index contributed by atoms with van der Waals surface area (Å²) in [5, 5.41) is 3.29. The summed E-state index contributed by atoms with van der Waals surface area (Å²) in [7, 11) is 1.65. The predicted octanol–water partition coefficient (Wildman–Crippen LogP) is 3.38. The summed E-state index contributed by atoms with van der Waals surface area (Å²) in [6.07, 6.45) is 0.683. The van der Waals surface area contributed by atoms with Gasteiger partial charge in [-0.2, -0.15) is 0 Å². The maximum absolute atomic E-state index is 13.9. The lowest BCUT2D eigenvalue weighted by molar-refractivity contribution is 0.132. The third kappa shape index (κ3) is 6.35. The molecule has 0 aliphatic heterocycles. The van der Waals surface area contributed by atoms with E-state index in [4.69, 9.17) is 9.47 Å². The van der Waals surface area contributed by atoms with Gasteiger partial charge in [-0.1, -0.05) is 19.9 Å². The van der Waals surface area contributed by atoms with Crippen molar-refractivity contribution in [1.82, 2.24) is 5.32 Å². The van der Waals surface area contributed by atoms with E-state index in [9.17, 15) is 4.39 Å². The fourth-order valence-electron chi connectivity index (χ4n) is 1.81. The molecule has 114 valence electrons. The molecule has 1 N–H and O–H groups in total. The van der Waals surface area contributed by atoms with Crippen molar-refractivity contribution in [3.63, 3.8) is 0 Å². The van der Waals surface area contributed by atoms with Gasteiger partial charge in [0.05, 0.1) is 6.10 Å². The lowest BCUT2D eigenvalue weighted by Crippen LogP contribution is -2.19. The van der Waals surface area contributed by atoms with Crippen LogP contribution in [-0.2, 0) is 11.3 Å². The van der Waals surface area contributed by atoms with Crippen molar-refractivity contribution in [2.24, 2.45) is 5.92 Å². The van der Waals surface area contributed by atoms with Crippen LogP contribution in [0.4, 0.5) is 4.39 Å². The maximum Gasteiger partial charge on any atom is 0.165 e. The first kappa shape index (κ1) is 16.9. The highest BCUT2D eigenvalue weighted by Crippen LogP contribution is 2.20. The minimum atomic E-state index is -0.307. The maximum atomic E-state index is 13.9. The number of methoxy groups -OCH3 is 1. The molecule has 4 heteroatoms. The molecule has 1 aromatic carbocycles. The summed E-state index contributed by atoms with van der Waals surface area (Å²) in [5.74, 6) is 0.586. The van der Waals surface area contributed by atoms with E-state index in [0.717, 1.165) is 18.5 Å². The SMILES string of the molecule is COCCC(C)Oc1ccc(CNCC(C)C)cc1F. The molecule has 1 rings (SSSR count). The van der Waals surface area contributed by atoms with Crippen molar-refractivity contribution < 1.29 is 13.9 Å². The van der Waals surface area contributed by atoms with Crippen molar-refractivity contribution in [1.29, 1.82) is 0 Å². The van der Waals surface area contributed by atoms with Crippen LogP contribution in [0.25, 0.3) is 0 Å². The Morgan fingerprint density at radius 1 is 1.25 bits per heavy atom. The Morgan fingerprint density at radius 3 is 2.60 bits per heavy atom. The molecule has 0 fully saturated rings. The minimum absolute atomic E-state index is 0.0608. The molecule has 0 spiro atoms. The highest BCUT2D eigenvalue weighted by Gasteiger charge is 2.09. The van der Waals surface area contributed by atoms with Crippen LogP contribution in [0.1, 0.15) is 32.8 Å². The summed E-state index contributed by atoms with van der Waals surface area (Å²) >= 11 is 0. The number of benzene rings is 1. The van der Waals surface area contributed by atoms with Gasteiger partial charge in [-0.15, -0.1) is 0 Å². The van der Waals surface area contributed by atoms with Gasteiger partial charge in [0.15, 0.2) is 11.6 Å². The Morgan fingerprint density at radius 2 is 2.00 bits per heavy atom. The van der Waals surface area contributed by atoms with E-state index in [1.54, 1.807) is 13.2 Å². The van der Waals surface area contributed by atoms with Crippen molar-refractivity contribution in [2.75, 3.05) is 20.3 Å². The Hall–Kier alpha value is -1.13. The number of ether oxygens (including phenoxy) is 2. The summed E-state index contributed by atoms with van der Waals surface area (Å²) < 4.78 is 24.5. The van der Waals surface area contributed by atoms with Crippen LogP contribution in [0, 0.1) is 11.7 Å². The van der Waals surface area contributed by atoms with Crippen LogP contribution in [0.15, 0.2) is 18.2 Å². The van der Waals surface area contributed by atoms with Gasteiger partial charge in [0.25, 0.3) is 0 Å². The van der Waals surface area contributed by atoms with Gasteiger partial charge in [-0.05, 0) is 37.1 Å². The molecule has 0 heterocycles. The van der Waals surface area contributed by atoms with E-state index in [0.29, 0.717) is 24.8 Å². The van der Waals surface area contributed by atoms with Crippen LogP contribution in [0.2, 0.25) is 0 Å². The van der Waals surface area contributed by atoms with Crippen molar-refractivity contribution in [3.05, 3.63) is 29.6 Å². The van der Waals surface area contributed by atoms with E-state index in [-0.39, 0.29) is 11.9 Å². The van der Waals surface area contributed by atoms with Crippen molar-refractivity contribution in [3.8, 4) is 5.75 Å². The molecule has 0 amide bonds. The fraction of sp³-hybridized carbons (Fsp3) is 0.625. The van der Waals surface area contributed by atoms with Gasteiger partial charge in [-0.25, -0.2) is 4.39 Å². The zero-order chi connectivity index (χ0) is 15.0. The predicted molar refractivity (Wildman–Crippen MR) is 79.5 cm³/mol. The molecule has 0 aliphatic rings. The molecule has 1 aromatic rings. The van der Waals surface area contributed by atoms with E-state index in [2.05, 4.69) is 19.2 Å². The summed E-state index contributed by atoms with van der Waals surface area (Å²) in [6, 6.07) is 5.13. The molecule has 1 atom stereocenters. The second-order valence-corrected chi connectivity index (χ2v) is 5.50. The number of rotatable bonds is 9. The Kier molecular flexibility index (Phi) is 7.55. The van der Waals surface area contributed by atoms with Gasteiger partial charge in [0.2, 0.25) is 0 Å². The van der Waals surface area contributed by atoms with Crippen LogP contribution >= 0.6 is 0 Å². The first-order valence-electron chi connectivity index (χ1n) is 7.17. The second-order valence-electron chi connectivity index (χ2n) is 5.50. The number of hydrogen-bond acceptors (Lipinski definition) is 3. The highest BCUT2D eigenvalue weighted by molar-refractivity contribution is 5.29. The average molecular weight is 283 g/mol. The van der Waals surface area contributed by atoms with Gasteiger partial charge < -0.3 is 14.8 Å². The van der Waals surface area contributed by atoms with Gasteiger partial charge in [0.1, 0.15) is 0 Å². The largest absolute Gasteiger partial charge is 0.488 e. The van der Waals surface area contributed by atoms with E-state index in [1.807, 2.05) is 13.0 Å². The van der Waals surface area contributed by atoms with Crippen molar-refractivity contribution >= 4 is 0 Å². The van der Waals surface area contributed by atoms with Crippen LogP contribution in [0.5, 0.6) is 5.75 Å². The molecule has 0 bridgehead atoms. The third-order valence-electron chi connectivity index (χ3n) is 2.93. The first-order chi connectivity index (χ1) is 9.52. The molecular weight excluding hydrogens is 257 g/mol. The normalized spacial score (nSPS) is 12.7. The van der Waals surface area contributed by atoms with Gasteiger partial charge in [0, 0.05) is 26.7 Å². The average Bonchev–Trinajstić information content (AvgIpc) is 2.39. The Balaban J connectivity index is 2.50. The second kappa shape index (κ2) is 8.93. The van der Waals surface area contributed by atoms with Crippen LogP contribution in [-0.4, -0.2) is 26.4 Å². The third-order valence-corrected chi connectivity index (χ3v) is 2.93. The van der Waals surface area contributed by atoms with Crippen molar-refractivity contribution in [2.45, 2.75) is 39.8 Å². The summed E-state index contributed by atoms with van der Waals surface area (Å²) in [4.78, 5) is 0. The lowest BCUT2D eigenvalue weighted by Gasteiger charge is -2.15. The molecule has 1 unspecified atom stereocenters.